The quantitative estimate of drug-likeness (QED) is 0.565. The van der Waals surface area contributed by atoms with E-state index < -0.39 is 23.4 Å². The lowest BCUT2D eigenvalue weighted by Gasteiger charge is -2.32. The molecule has 2 saturated heterocycles. The van der Waals surface area contributed by atoms with Crippen molar-refractivity contribution in [3.63, 3.8) is 0 Å². The second-order valence-electron chi connectivity index (χ2n) is 8.76. The Bertz CT molecular complexity index is 957. The van der Waals surface area contributed by atoms with E-state index in [0.717, 1.165) is 36.8 Å². The van der Waals surface area contributed by atoms with Gasteiger partial charge in [-0.15, -0.1) is 0 Å². The van der Waals surface area contributed by atoms with Crippen LogP contribution in [0.2, 0.25) is 0 Å². The van der Waals surface area contributed by atoms with Crippen LogP contribution in [0.5, 0.6) is 0 Å². The van der Waals surface area contributed by atoms with Gasteiger partial charge in [0.05, 0.1) is 11.5 Å². The predicted molar refractivity (Wildman–Crippen MR) is 112 cm³/mol. The van der Waals surface area contributed by atoms with Gasteiger partial charge in [-0.25, -0.2) is 0 Å². The van der Waals surface area contributed by atoms with Gasteiger partial charge in [-0.1, -0.05) is 24.6 Å². The Morgan fingerprint density at radius 3 is 2.71 bits per heavy atom. The van der Waals surface area contributed by atoms with Gasteiger partial charge < -0.3 is 19.9 Å². The highest BCUT2D eigenvalue weighted by Crippen LogP contribution is 2.44. The lowest BCUT2D eigenvalue weighted by Crippen LogP contribution is -2.52. The molecule has 0 spiro atoms. The fourth-order valence-corrected chi connectivity index (χ4v) is 5.84. The third kappa shape index (κ3) is 3.29. The molecule has 3 aliphatic rings. The van der Waals surface area contributed by atoms with Gasteiger partial charge in [0.15, 0.2) is 0 Å². The molecule has 4 rings (SSSR count). The molecule has 1 N–H and O–H groups in total. The molecule has 8 heteroatoms. The smallest absolute Gasteiger partial charge is 0.287 e. The number of nitriles is 1. The van der Waals surface area contributed by atoms with Crippen molar-refractivity contribution in [1.82, 2.24) is 9.80 Å². The van der Waals surface area contributed by atoms with Crippen LogP contribution in [0.1, 0.15) is 37.7 Å². The third-order valence-electron chi connectivity index (χ3n) is 7.26. The number of fused-ring (bicyclic) bond motifs is 1. The van der Waals surface area contributed by atoms with E-state index in [1.54, 1.807) is 7.05 Å². The zero-order chi connectivity index (χ0) is 22.2. The topological polar surface area (TPSA) is 111 Å². The number of hydrogen-bond donors (Lipinski definition) is 1. The highest BCUT2D eigenvalue weighted by molar-refractivity contribution is 6.24. The lowest BCUT2D eigenvalue weighted by atomic mass is 9.79. The Hall–Kier alpha value is -3.21. The molecule has 0 bridgehead atoms. The molecule has 1 aromatic carbocycles. The zero-order valence-electron chi connectivity index (χ0n) is 17.5. The Morgan fingerprint density at radius 2 is 2.03 bits per heavy atom. The maximum atomic E-state index is 13.6. The Morgan fingerprint density at radius 1 is 1.26 bits per heavy atom. The maximum Gasteiger partial charge on any atom is 0.287 e. The minimum absolute atomic E-state index is 0.0706. The van der Waals surface area contributed by atoms with Crippen molar-refractivity contribution in [3.8, 4) is 6.07 Å². The summed E-state index contributed by atoms with van der Waals surface area (Å²) in [5, 5.41) is 12.9. The second-order valence-corrected chi connectivity index (χ2v) is 8.76. The molecule has 8 nitrogen and oxygen atoms in total. The van der Waals surface area contributed by atoms with Crippen LogP contribution in [-0.4, -0.2) is 65.9 Å². The van der Waals surface area contributed by atoms with Crippen molar-refractivity contribution >= 4 is 30.1 Å². The standard InChI is InChI=1S/C23H26N4O4/c1-25-18-7-3-2-6-17(18)23(14-29)10-16(11-24)26(13-23)22(31)20-9-15-5-4-8-19(15)27(20)21(30)12-28/h2-3,6-7,12,14-16,19-20,25H,4-5,8-10,13H2,1H3. The highest BCUT2D eigenvalue weighted by atomic mass is 16.2. The van der Waals surface area contributed by atoms with E-state index in [0.29, 0.717) is 6.42 Å². The van der Waals surface area contributed by atoms with E-state index in [1.165, 1.54) is 9.80 Å². The number of hydrogen-bond acceptors (Lipinski definition) is 6. The van der Waals surface area contributed by atoms with Gasteiger partial charge in [-0.05, 0) is 43.2 Å². The SMILES string of the molecule is CNc1ccccc1C1(C=O)CC(C#N)N(C(=O)C2CC3CCCC3N2C(=O)C=O)C1. The van der Waals surface area contributed by atoms with Crippen molar-refractivity contribution in [2.45, 2.75) is 55.6 Å². The zero-order valence-corrected chi connectivity index (χ0v) is 17.5. The van der Waals surface area contributed by atoms with Gasteiger partial charge in [0.2, 0.25) is 12.2 Å². The lowest BCUT2D eigenvalue weighted by molar-refractivity contribution is -0.147. The molecule has 1 aromatic rings. The summed E-state index contributed by atoms with van der Waals surface area (Å²) in [5.74, 6) is -0.828. The van der Waals surface area contributed by atoms with Crippen molar-refractivity contribution in [3.05, 3.63) is 29.8 Å². The van der Waals surface area contributed by atoms with E-state index in [9.17, 15) is 24.4 Å². The summed E-state index contributed by atoms with van der Waals surface area (Å²) in [6, 6.07) is 7.91. The number of aldehydes is 2. The first kappa shape index (κ1) is 21.0. The van der Waals surface area contributed by atoms with E-state index >= 15 is 0 Å². The van der Waals surface area contributed by atoms with E-state index in [-0.39, 0.29) is 37.1 Å². The summed E-state index contributed by atoms with van der Waals surface area (Å²) >= 11 is 0. The molecular formula is C23H26N4O4. The van der Waals surface area contributed by atoms with Crippen LogP contribution in [0.3, 0.4) is 0 Å². The molecule has 1 aliphatic carbocycles. The largest absolute Gasteiger partial charge is 0.388 e. The van der Waals surface area contributed by atoms with Gasteiger partial charge in [0.25, 0.3) is 5.91 Å². The van der Waals surface area contributed by atoms with Gasteiger partial charge in [-0.2, -0.15) is 5.26 Å². The first-order chi connectivity index (χ1) is 15.0. The van der Waals surface area contributed by atoms with Crippen LogP contribution < -0.4 is 5.32 Å². The number of para-hydroxylation sites is 1. The first-order valence-electron chi connectivity index (χ1n) is 10.7. The fraction of sp³-hybridized carbons (Fsp3) is 0.522. The van der Waals surface area contributed by atoms with Gasteiger partial charge in [0.1, 0.15) is 18.4 Å². The maximum absolute atomic E-state index is 13.6. The van der Waals surface area contributed by atoms with E-state index in [4.69, 9.17) is 0 Å². The van der Waals surface area contributed by atoms with Gasteiger partial charge >= 0.3 is 0 Å². The third-order valence-corrected chi connectivity index (χ3v) is 7.26. The number of anilines is 1. The number of nitrogens with one attached hydrogen (secondary N) is 1. The summed E-state index contributed by atoms with van der Waals surface area (Å²) in [6.07, 6.45) is 4.47. The minimum atomic E-state index is -1.01. The molecule has 31 heavy (non-hydrogen) atoms. The second kappa shape index (κ2) is 8.14. The van der Waals surface area contributed by atoms with Crippen molar-refractivity contribution in [1.29, 1.82) is 5.26 Å². The molecule has 2 aliphatic heterocycles. The molecule has 162 valence electrons. The number of benzene rings is 1. The minimum Gasteiger partial charge on any atom is -0.388 e. The average molecular weight is 422 g/mol. The van der Waals surface area contributed by atoms with Gasteiger partial charge in [-0.3, -0.25) is 14.4 Å². The Balaban J connectivity index is 1.67. The van der Waals surface area contributed by atoms with E-state index in [1.807, 2.05) is 24.3 Å². The van der Waals surface area contributed by atoms with Crippen LogP contribution in [0.15, 0.2) is 24.3 Å². The van der Waals surface area contributed by atoms with Crippen LogP contribution in [-0.2, 0) is 24.6 Å². The number of carbonyl (C=O) groups is 4. The molecular weight excluding hydrogens is 396 g/mol. The van der Waals surface area contributed by atoms with Crippen molar-refractivity contribution in [2.75, 3.05) is 18.9 Å². The number of carbonyl (C=O) groups excluding carboxylic acids is 4. The van der Waals surface area contributed by atoms with Gasteiger partial charge in [0, 0.05) is 25.3 Å². The number of amides is 2. The number of rotatable bonds is 5. The molecule has 1 saturated carbocycles. The average Bonchev–Trinajstić information content (AvgIpc) is 3.51. The van der Waals surface area contributed by atoms with E-state index in [2.05, 4.69) is 11.4 Å². The molecule has 2 heterocycles. The van der Waals surface area contributed by atoms with Crippen LogP contribution in [0, 0.1) is 17.2 Å². The monoisotopic (exact) mass is 422 g/mol. The summed E-state index contributed by atoms with van der Waals surface area (Å²) in [4.78, 5) is 52.5. The van der Waals surface area contributed by atoms with Crippen LogP contribution in [0.4, 0.5) is 5.69 Å². The first-order valence-corrected chi connectivity index (χ1v) is 10.7. The Labute approximate surface area is 181 Å². The van der Waals surface area contributed by atoms with Crippen molar-refractivity contribution < 1.29 is 19.2 Å². The highest BCUT2D eigenvalue weighted by Gasteiger charge is 2.54. The van der Waals surface area contributed by atoms with Crippen molar-refractivity contribution in [2.24, 2.45) is 5.92 Å². The molecule has 0 aromatic heterocycles. The number of likely N-dealkylation sites (tertiary alicyclic amines) is 2. The molecule has 3 fully saturated rings. The van der Waals surface area contributed by atoms with Crippen LogP contribution in [0.25, 0.3) is 0 Å². The normalized spacial score (nSPS) is 31.7. The summed E-state index contributed by atoms with van der Waals surface area (Å²) in [6.45, 7) is 0.0706. The fourth-order valence-electron chi connectivity index (χ4n) is 5.84. The summed E-state index contributed by atoms with van der Waals surface area (Å²) in [5.41, 5.74) is 0.504. The summed E-state index contributed by atoms with van der Waals surface area (Å²) < 4.78 is 0. The molecule has 2 amide bonds. The molecule has 5 atom stereocenters. The van der Waals surface area contributed by atoms with Crippen LogP contribution >= 0.6 is 0 Å². The summed E-state index contributed by atoms with van der Waals surface area (Å²) in [7, 11) is 1.76. The number of nitrogens with zero attached hydrogens (tertiary/aromatic N) is 3. The molecule has 5 unspecified atom stereocenters. The predicted octanol–water partition coefficient (Wildman–Crippen LogP) is 1.26. The molecule has 0 radical (unpaired) electrons. The Kier molecular flexibility index (Phi) is 5.52.